The Morgan fingerprint density at radius 3 is 2.76 bits per heavy atom. The Balaban J connectivity index is 2.24. The molecule has 0 atom stereocenters. The van der Waals surface area contributed by atoms with Crippen LogP contribution in [0.5, 0.6) is 5.75 Å². The molecule has 1 aliphatic carbocycles. The van der Waals surface area contributed by atoms with Crippen molar-refractivity contribution in [3.05, 3.63) is 18.0 Å². The molecule has 0 aliphatic heterocycles. The molecule has 4 nitrogen and oxygen atoms in total. The van der Waals surface area contributed by atoms with Crippen LogP contribution in [-0.4, -0.2) is 29.3 Å². The minimum Gasteiger partial charge on any atom is -0.493 e. The Hall–Kier alpha value is -1.29. The summed E-state index contributed by atoms with van der Waals surface area (Å²) in [4.78, 5) is 4.21. The number of hydrogen-bond acceptors (Lipinski definition) is 4. The SMILES string of the molecule is COc1cnc(C)cc1NC1(CO)CCCC1. The first-order chi connectivity index (χ1) is 8.19. The van der Waals surface area contributed by atoms with E-state index in [0.717, 1.165) is 30.0 Å². The zero-order valence-electron chi connectivity index (χ0n) is 10.5. The van der Waals surface area contributed by atoms with Crippen LogP contribution in [0.1, 0.15) is 31.4 Å². The van der Waals surface area contributed by atoms with Gasteiger partial charge in [-0.2, -0.15) is 0 Å². The van der Waals surface area contributed by atoms with Crippen molar-refractivity contribution >= 4 is 5.69 Å². The molecular formula is C13H20N2O2. The number of aliphatic hydroxyl groups excluding tert-OH is 1. The summed E-state index contributed by atoms with van der Waals surface area (Å²) in [5.74, 6) is 0.732. The number of aliphatic hydroxyl groups is 1. The third kappa shape index (κ3) is 2.52. The summed E-state index contributed by atoms with van der Waals surface area (Å²) in [6, 6.07) is 1.97. The van der Waals surface area contributed by atoms with E-state index in [4.69, 9.17) is 4.74 Å². The highest BCUT2D eigenvalue weighted by Crippen LogP contribution is 2.35. The highest BCUT2D eigenvalue weighted by Gasteiger charge is 2.33. The van der Waals surface area contributed by atoms with Crippen LogP contribution in [-0.2, 0) is 0 Å². The van der Waals surface area contributed by atoms with Gasteiger partial charge in [0.05, 0.1) is 31.1 Å². The normalized spacial score (nSPS) is 18.1. The van der Waals surface area contributed by atoms with Crippen molar-refractivity contribution in [3.8, 4) is 5.75 Å². The first kappa shape index (κ1) is 12.2. The van der Waals surface area contributed by atoms with Crippen LogP contribution < -0.4 is 10.1 Å². The maximum Gasteiger partial charge on any atom is 0.160 e. The van der Waals surface area contributed by atoms with Crippen LogP contribution in [0, 0.1) is 6.92 Å². The van der Waals surface area contributed by atoms with E-state index in [1.165, 1.54) is 12.8 Å². The summed E-state index contributed by atoms with van der Waals surface area (Å²) >= 11 is 0. The maximum atomic E-state index is 9.59. The molecule has 0 radical (unpaired) electrons. The molecule has 2 N–H and O–H groups in total. The number of nitrogens with zero attached hydrogens (tertiary/aromatic N) is 1. The number of rotatable bonds is 4. The lowest BCUT2D eigenvalue weighted by Crippen LogP contribution is -2.39. The second-order valence-corrected chi connectivity index (χ2v) is 4.80. The number of pyridine rings is 1. The third-order valence-electron chi connectivity index (χ3n) is 3.49. The van der Waals surface area contributed by atoms with Gasteiger partial charge in [0.15, 0.2) is 5.75 Å². The van der Waals surface area contributed by atoms with Gasteiger partial charge in [-0.15, -0.1) is 0 Å². The smallest absolute Gasteiger partial charge is 0.160 e. The molecule has 17 heavy (non-hydrogen) atoms. The van der Waals surface area contributed by atoms with Crippen molar-refractivity contribution in [1.82, 2.24) is 4.98 Å². The van der Waals surface area contributed by atoms with Gasteiger partial charge in [-0.05, 0) is 25.8 Å². The third-order valence-corrected chi connectivity index (χ3v) is 3.49. The monoisotopic (exact) mass is 236 g/mol. The molecule has 94 valence electrons. The highest BCUT2D eigenvalue weighted by atomic mass is 16.5. The van der Waals surface area contributed by atoms with Gasteiger partial charge in [-0.25, -0.2) is 0 Å². The van der Waals surface area contributed by atoms with Crippen LogP contribution in [0.25, 0.3) is 0 Å². The number of nitrogens with one attached hydrogen (secondary N) is 1. The highest BCUT2D eigenvalue weighted by molar-refractivity contribution is 5.57. The summed E-state index contributed by atoms with van der Waals surface area (Å²) in [5, 5.41) is 13.0. The largest absolute Gasteiger partial charge is 0.493 e. The van der Waals surface area contributed by atoms with Gasteiger partial charge in [0.1, 0.15) is 0 Å². The lowest BCUT2D eigenvalue weighted by atomic mass is 9.98. The molecule has 1 aromatic rings. The lowest BCUT2D eigenvalue weighted by Gasteiger charge is -2.30. The van der Waals surface area contributed by atoms with Gasteiger partial charge in [-0.1, -0.05) is 12.8 Å². The molecule has 0 unspecified atom stereocenters. The summed E-state index contributed by atoms with van der Waals surface area (Å²) in [6.45, 7) is 2.11. The molecular weight excluding hydrogens is 216 g/mol. The molecule has 0 spiro atoms. The average Bonchev–Trinajstić information content (AvgIpc) is 2.79. The van der Waals surface area contributed by atoms with Crippen LogP contribution in [0.15, 0.2) is 12.3 Å². The van der Waals surface area contributed by atoms with E-state index in [0.29, 0.717) is 0 Å². The number of hydrogen-bond donors (Lipinski definition) is 2. The molecule has 1 fully saturated rings. The van der Waals surface area contributed by atoms with E-state index >= 15 is 0 Å². The predicted molar refractivity (Wildman–Crippen MR) is 67.4 cm³/mol. The molecule has 1 saturated carbocycles. The fourth-order valence-corrected chi connectivity index (χ4v) is 2.47. The topological polar surface area (TPSA) is 54.4 Å². The number of methoxy groups -OCH3 is 1. The molecule has 4 heteroatoms. The fraction of sp³-hybridized carbons (Fsp3) is 0.615. The number of aromatic nitrogens is 1. The minimum absolute atomic E-state index is 0.164. The molecule has 1 aliphatic rings. The molecule has 0 bridgehead atoms. The zero-order valence-corrected chi connectivity index (χ0v) is 10.5. The Bertz CT molecular complexity index is 387. The quantitative estimate of drug-likeness (QED) is 0.840. The number of anilines is 1. The van der Waals surface area contributed by atoms with Crippen LogP contribution in [0.3, 0.4) is 0 Å². The Morgan fingerprint density at radius 1 is 1.47 bits per heavy atom. The second kappa shape index (κ2) is 4.92. The molecule has 0 saturated heterocycles. The van der Waals surface area contributed by atoms with Gasteiger partial charge in [0.2, 0.25) is 0 Å². The Morgan fingerprint density at radius 2 is 2.18 bits per heavy atom. The van der Waals surface area contributed by atoms with Gasteiger partial charge >= 0.3 is 0 Å². The van der Waals surface area contributed by atoms with Crippen molar-refractivity contribution in [2.75, 3.05) is 19.0 Å². The molecule has 1 aromatic heterocycles. The minimum atomic E-state index is -0.179. The van der Waals surface area contributed by atoms with Gasteiger partial charge < -0.3 is 15.2 Å². The fourth-order valence-electron chi connectivity index (χ4n) is 2.47. The van der Waals surface area contributed by atoms with Gasteiger partial charge in [0, 0.05) is 5.69 Å². The first-order valence-corrected chi connectivity index (χ1v) is 6.09. The molecule has 0 amide bonds. The molecule has 1 heterocycles. The molecule has 2 rings (SSSR count). The van der Waals surface area contributed by atoms with Gasteiger partial charge in [0.25, 0.3) is 0 Å². The summed E-state index contributed by atoms with van der Waals surface area (Å²) in [5.41, 5.74) is 1.69. The summed E-state index contributed by atoms with van der Waals surface area (Å²) in [6.07, 6.45) is 6.07. The van der Waals surface area contributed by atoms with Crippen LogP contribution in [0.2, 0.25) is 0 Å². The zero-order chi connectivity index (χ0) is 12.3. The van der Waals surface area contributed by atoms with E-state index in [1.54, 1.807) is 13.3 Å². The van der Waals surface area contributed by atoms with Crippen molar-refractivity contribution in [3.63, 3.8) is 0 Å². The van der Waals surface area contributed by atoms with Crippen LogP contribution in [0.4, 0.5) is 5.69 Å². The van der Waals surface area contributed by atoms with E-state index in [1.807, 2.05) is 13.0 Å². The van der Waals surface area contributed by atoms with Gasteiger partial charge in [-0.3, -0.25) is 4.98 Å². The van der Waals surface area contributed by atoms with Crippen molar-refractivity contribution < 1.29 is 9.84 Å². The van der Waals surface area contributed by atoms with E-state index in [9.17, 15) is 5.11 Å². The van der Waals surface area contributed by atoms with Crippen molar-refractivity contribution in [2.24, 2.45) is 0 Å². The van der Waals surface area contributed by atoms with E-state index < -0.39 is 0 Å². The van der Waals surface area contributed by atoms with Crippen LogP contribution >= 0.6 is 0 Å². The second-order valence-electron chi connectivity index (χ2n) is 4.80. The van der Waals surface area contributed by atoms with Crippen molar-refractivity contribution in [1.29, 1.82) is 0 Å². The first-order valence-electron chi connectivity index (χ1n) is 6.09. The Kier molecular flexibility index (Phi) is 3.52. The maximum absolute atomic E-state index is 9.59. The summed E-state index contributed by atoms with van der Waals surface area (Å²) in [7, 11) is 1.64. The van der Waals surface area contributed by atoms with Crippen molar-refractivity contribution in [2.45, 2.75) is 38.1 Å². The predicted octanol–water partition coefficient (Wildman–Crippen LogP) is 2.12. The summed E-state index contributed by atoms with van der Waals surface area (Å²) < 4.78 is 5.29. The number of aryl methyl sites for hydroxylation is 1. The Labute approximate surface area is 102 Å². The van der Waals surface area contributed by atoms with E-state index in [2.05, 4.69) is 10.3 Å². The molecule has 0 aromatic carbocycles. The van der Waals surface area contributed by atoms with E-state index in [-0.39, 0.29) is 12.1 Å². The average molecular weight is 236 g/mol. The lowest BCUT2D eigenvalue weighted by molar-refractivity contribution is 0.213. The standard InChI is InChI=1S/C13H20N2O2/c1-10-7-11(12(17-2)8-14-10)15-13(9-16)5-3-4-6-13/h7-8,16H,3-6,9H2,1-2H3,(H,14,15). The number of ether oxygens (including phenoxy) is 1.